The van der Waals surface area contributed by atoms with Crippen LogP contribution in [0.4, 0.5) is 13.2 Å². The van der Waals surface area contributed by atoms with Gasteiger partial charge in [0.15, 0.2) is 0 Å². The molecular weight excluding hydrogens is 537 g/mol. The van der Waals surface area contributed by atoms with E-state index in [4.69, 9.17) is 5.73 Å². The Bertz CT molecular complexity index is 1270. The third-order valence-electron chi connectivity index (χ3n) is 8.65. The molecular formula is C32H40ClF3N2O2. The third kappa shape index (κ3) is 7.82. The van der Waals surface area contributed by atoms with Crippen molar-refractivity contribution in [3.8, 4) is 16.9 Å². The minimum absolute atomic E-state index is 0. The molecule has 0 aliphatic heterocycles. The van der Waals surface area contributed by atoms with Crippen molar-refractivity contribution in [1.82, 2.24) is 4.57 Å². The lowest BCUT2D eigenvalue weighted by atomic mass is 9.83. The number of ether oxygens (including phenoxy) is 1. The minimum Gasteiger partial charge on any atom is -0.405 e. The van der Waals surface area contributed by atoms with Gasteiger partial charge in [0, 0.05) is 48.1 Å². The van der Waals surface area contributed by atoms with Gasteiger partial charge in [0.2, 0.25) is 0 Å². The first kappa shape index (κ1) is 30.4. The number of hydrogen-bond donors (Lipinski definition) is 1. The van der Waals surface area contributed by atoms with Crippen molar-refractivity contribution >= 4 is 29.1 Å². The molecule has 2 aliphatic rings. The molecule has 0 radical (unpaired) electrons. The predicted octanol–water partition coefficient (Wildman–Crippen LogP) is 8.62. The first-order valence-electron chi connectivity index (χ1n) is 14.5. The zero-order chi connectivity index (χ0) is 27.4. The number of alkyl halides is 3. The van der Waals surface area contributed by atoms with Gasteiger partial charge in [0.1, 0.15) is 11.5 Å². The molecule has 8 heteroatoms. The molecule has 2 saturated carbocycles. The molecule has 1 heterocycles. The normalized spacial score (nSPS) is 20.3. The number of para-hydroxylation sites is 1. The zero-order valence-corrected chi connectivity index (χ0v) is 23.7. The van der Waals surface area contributed by atoms with Crippen LogP contribution in [0.1, 0.15) is 76.2 Å². The van der Waals surface area contributed by atoms with Crippen LogP contribution < -0.4 is 10.5 Å². The fourth-order valence-electron chi connectivity index (χ4n) is 6.55. The van der Waals surface area contributed by atoms with Crippen LogP contribution >= 0.6 is 12.4 Å². The molecule has 2 N–H and O–H groups in total. The van der Waals surface area contributed by atoms with E-state index < -0.39 is 6.36 Å². The first-order chi connectivity index (χ1) is 18.7. The van der Waals surface area contributed by atoms with Crippen LogP contribution in [0.2, 0.25) is 0 Å². The molecule has 0 bridgehead atoms. The summed E-state index contributed by atoms with van der Waals surface area (Å²) in [7, 11) is 0. The number of aryl methyl sites for hydroxylation is 1. The van der Waals surface area contributed by atoms with Crippen molar-refractivity contribution in [3.05, 3.63) is 54.2 Å². The number of nitrogens with zero attached hydrogens (tertiary/aromatic N) is 1. The van der Waals surface area contributed by atoms with Crippen molar-refractivity contribution in [2.75, 3.05) is 0 Å². The number of nitrogens with two attached hydrogens (primary N) is 1. The van der Waals surface area contributed by atoms with E-state index >= 15 is 0 Å². The number of aromatic nitrogens is 1. The molecule has 2 fully saturated rings. The number of carbonyl (C=O) groups is 1. The second-order valence-corrected chi connectivity index (χ2v) is 11.6. The monoisotopic (exact) mass is 576 g/mol. The van der Waals surface area contributed by atoms with E-state index in [-0.39, 0.29) is 30.0 Å². The summed E-state index contributed by atoms with van der Waals surface area (Å²) >= 11 is 0. The topological polar surface area (TPSA) is 57.2 Å². The summed E-state index contributed by atoms with van der Waals surface area (Å²) in [6, 6.07) is 12.4. The highest BCUT2D eigenvalue weighted by atomic mass is 35.5. The van der Waals surface area contributed by atoms with E-state index in [1.54, 1.807) is 18.2 Å². The van der Waals surface area contributed by atoms with E-state index in [1.165, 1.54) is 38.2 Å². The molecule has 1 aromatic heterocycles. The molecule has 0 unspecified atom stereocenters. The second-order valence-electron chi connectivity index (χ2n) is 11.6. The van der Waals surface area contributed by atoms with Crippen LogP contribution in [0, 0.1) is 11.8 Å². The minimum atomic E-state index is -4.77. The fraction of sp³-hybridized carbons (Fsp3) is 0.531. The lowest BCUT2D eigenvalue weighted by molar-refractivity contribution is -0.274. The number of hydrogen-bond acceptors (Lipinski definition) is 3. The summed E-state index contributed by atoms with van der Waals surface area (Å²) in [4.78, 5) is 12.9. The third-order valence-corrected chi connectivity index (χ3v) is 8.65. The van der Waals surface area contributed by atoms with Crippen LogP contribution in [-0.4, -0.2) is 22.8 Å². The first-order valence-corrected chi connectivity index (χ1v) is 14.5. The van der Waals surface area contributed by atoms with Crippen LogP contribution in [0.3, 0.4) is 0 Å². The number of halogens is 4. The van der Waals surface area contributed by atoms with Crippen molar-refractivity contribution < 1.29 is 22.7 Å². The number of ketones is 1. The van der Waals surface area contributed by atoms with Crippen molar-refractivity contribution in [3.63, 3.8) is 0 Å². The maximum absolute atomic E-state index is 13.1. The predicted molar refractivity (Wildman–Crippen MR) is 156 cm³/mol. The van der Waals surface area contributed by atoms with E-state index in [2.05, 4.69) is 15.5 Å². The van der Waals surface area contributed by atoms with Crippen molar-refractivity contribution in [2.24, 2.45) is 17.6 Å². The van der Waals surface area contributed by atoms with Gasteiger partial charge in [0.25, 0.3) is 0 Å². The molecule has 0 spiro atoms. The molecule has 0 atom stereocenters. The summed E-state index contributed by atoms with van der Waals surface area (Å²) in [6.45, 7) is 0.930. The van der Waals surface area contributed by atoms with Gasteiger partial charge >= 0.3 is 6.36 Å². The Kier molecular flexibility index (Phi) is 10.2. The number of benzene rings is 2. The Balaban J connectivity index is 0.00000370. The number of carbonyl (C=O) groups excluding carboxylic acids is 1. The van der Waals surface area contributed by atoms with Gasteiger partial charge in [-0.1, -0.05) is 43.5 Å². The smallest absolute Gasteiger partial charge is 0.405 e. The Labute approximate surface area is 240 Å². The number of Topliss-reactive ketones (excluding diaryl/α,β-unsaturated/α-hetero) is 1. The highest BCUT2D eigenvalue weighted by Crippen LogP contribution is 2.37. The Morgan fingerprint density at radius 1 is 0.950 bits per heavy atom. The molecule has 218 valence electrons. The lowest BCUT2D eigenvalue weighted by Crippen LogP contribution is -2.27. The molecule has 40 heavy (non-hydrogen) atoms. The highest BCUT2D eigenvalue weighted by Gasteiger charge is 2.32. The molecule has 2 aromatic carbocycles. The molecule has 0 saturated heterocycles. The number of fused-ring (bicyclic) bond motifs is 1. The van der Waals surface area contributed by atoms with Crippen LogP contribution in [0.5, 0.6) is 5.75 Å². The van der Waals surface area contributed by atoms with Gasteiger partial charge in [0.05, 0.1) is 0 Å². The Morgan fingerprint density at radius 3 is 2.40 bits per heavy atom. The summed E-state index contributed by atoms with van der Waals surface area (Å²) in [5.41, 5.74) is 9.25. The Hall–Kier alpha value is -2.51. The van der Waals surface area contributed by atoms with E-state index in [0.29, 0.717) is 42.2 Å². The molecule has 0 amide bonds. The number of rotatable bonds is 9. The van der Waals surface area contributed by atoms with E-state index in [0.717, 1.165) is 48.7 Å². The molecule has 3 aromatic rings. The van der Waals surface area contributed by atoms with E-state index in [9.17, 15) is 18.0 Å². The quantitative estimate of drug-likeness (QED) is 0.277. The largest absolute Gasteiger partial charge is 0.573 e. The summed E-state index contributed by atoms with van der Waals surface area (Å²) < 4.78 is 45.9. The summed E-state index contributed by atoms with van der Waals surface area (Å²) in [6.07, 6.45) is 9.43. The highest BCUT2D eigenvalue weighted by molar-refractivity contribution is 5.90. The lowest BCUT2D eigenvalue weighted by Gasteiger charge is -2.25. The molecule has 2 aliphatic carbocycles. The van der Waals surface area contributed by atoms with Gasteiger partial charge in [-0.15, -0.1) is 25.6 Å². The zero-order valence-electron chi connectivity index (χ0n) is 22.9. The standard InChI is InChI=1S/C32H39F3N2O2.ClH/c33-32(34,35)39-31-9-5-4-8-28(31)24-13-17-30-29(19-24)25(21-37(30)20-23-6-2-1-3-7-23)12-16-27(38)18-22-10-14-26(36)15-11-22;/h4-5,8-9,13,17,19,21-23,26H,1-3,6-7,10-12,14-16,18,20,36H2;1H. The SMILES string of the molecule is Cl.NC1CCC(CC(=O)CCc2cn(CC3CCCCC3)c3ccc(-c4ccccc4OC(F)(F)F)cc23)CC1. The van der Waals surface area contributed by atoms with E-state index in [1.807, 2.05) is 18.2 Å². The van der Waals surface area contributed by atoms with Crippen LogP contribution in [0.25, 0.3) is 22.0 Å². The second kappa shape index (κ2) is 13.4. The van der Waals surface area contributed by atoms with Gasteiger partial charge < -0.3 is 15.0 Å². The van der Waals surface area contributed by atoms with Crippen molar-refractivity contribution in [1.29, 1.82) is 0 Å². The Morgan fingerprint density at radius 2 is 1.68 bits per heavy atom. The maximum atomic E-state index is 13.1. The average molecular weight is 577 g/mol. The van der Waals surface area contributed by atoms with Gasteiger partial charge in [-0.3, -0.25) is 4.79 Å². The summed E-state index contributed by atoms with van der Waals surface area (Å²) in [5.74, 6) is 1.13. The van der Waals surface area contributed by atoms with Gasteiger partial charge in [-0.05, 0) is 86.1 Å². The van der Waals surface area contributed by atoms with Crippen LogP contribution in [0.15, 0.2) is 48.7 Å². The average Bonchev–Trinajstić information content (AvgIpc) is 3.25. The maximum Gasteiger partial charge on any atom is 0.573 e. The van der Waals surface area contributed by atoms with Crippen LogP contribution in [-0.2, 0) is 17.8 Å². The van der Waals surface area contributed by atoms with Gasteiger partial charge in [-0.25, -0.2) is 0 Å². The molecule has 4 nitrogen and oxygen atoms in total. The van der Waals surface area contributed by atoms with Gasteiger partial charge in [-0.2, -0.15) is 0 Å². The fourth-order valence-corrected chi connectivity index (χ4v) is 6.55. The summed E-state index contributed by atoms with van der Waals surface area (Å²) in [5, 5.41) is 1.00. The molecule has 5 rings (SSSR count). The van der Waals surface area contributed by atoms with Crippen molar-refractivity contribution in [2.45, 2.75) is 96.0 Å².